The fourth-order valence-corrected chi connectivity index (χ4v) is 2.62. The molecule has 0 saturated heterocycles. The maximum atomic E-state index is 13.7. The molecule has 17 heavy (non-hydrogen) atoms. The third-order valence-corrected chi connectivity index (χ3v) is 3.58. The van der Waals surface area contributed by atoms with Crippen LogP contribution in [0.5, 0.6) is 0 Å². The van der Waals surface area contributed by atoms with Crippen molar-refractivity contribution in [3.05, 3.63) is 69.7 Å². The van der Waals surface area contributed by atoms with E-state index >= 15 is 0 Å². The highest BCUT2D eigenvalue weighted by Gasteiger charge is 2.18. The molecule has 1 unspecified atom stereocenters. The summed E-state index contributed by atoms with van der Waals surface area (Å²) in [5.74, 6) is -0.728. The Morgan fingerprint density at radius 2 is 1.65 bits per heavy atom. The van der Waals surface area contributed by atoms with Crippen LogP contribution in [-0.4, -0.2) is 0 Å². The molecule has 0 aliphatic carbocycles. The van der Waals surface area contributed by atoms with Crippen LogP contribution in [0.15, 0.2) is 46.9 Å². The molecule has 0 radical (unpaired) electrons. The highest BCUT2D eigenvalue weighted by Crippen LogP contribution is 2.35. The maximum Gasteiger partial charge on any atom is 0.129 e. The highest BCUT2D eigenvalue weighted by atomic mass is 79.9. The summed E-state index contributed by atoms with van der Waals surface area (Å²) >= 11 is 9.46. The van der Waals surface area contributed by atoms with Gasteiger partial charge in [-0.2, -0.15) is 0 Å². The van der Waals surface area contributed by atoms with Crippen LogP contribution in [0.2, 0.25) is 0 Å². The minimum absolute atomic E-state index is 0.342. The monoisotopic (exact) mass is 316 g/mol. The van der Waals surface area contributed by atoms with Crippen molar-refractivity contribution in [2.24, 2.45) is 0 Å². The van der Waals surface area contributed by atoms with Crippen molar-refractivity contribution in [2.75, 3.05) is 0 Å². The average Bonchev–Trinajstić information content (AvgIpc) is 2.29. The molecular weight excluding hydrogens is 309 g/mol. The first kappa shape index (κ1) is 12.5. The van der Waals surface area contributed by atoms with Gasteiger partial charge in [-0.1, -0.05) is 34.1 Å². The number of hydrogen-bond acceptors (Lipinski definition) is 0. The van der Waals surface area contributed by atoms with Crippen molar-refractivity contribution in [3.8, 4) is 0 Å². The first-order valence-electron chi connectivity index (χ1n) is 4.93. The molecule has 2 rings (SSSR count). The molecule has 0 saturated carbocycles. The van der Waals surface area contributed by atoms with Crippen LogP contribution in [0.25, 0.3) is 0 Å². The Labute approximate surface area is 111 Å². The lowest BCUT2D eigenvalue weighted by atomic mass is 10.0. The van der Waals surface area contributed by atoms with Crippen LogP contribution in [0.4, 0.5) is 8.78 Å². The quantitative estimate of drug-likeness (QED) is 0.680. The van der Waals surface area contributed by atoms with Gasteiger partial charge in [-0.05, 0) is 29.8 Å². The molecule has 2 aromatic carbocycles. The lowest BCUT2D eigenvalue weighted by molar-refractivity contribution is 0.610. The van der Waals surface area contributed by atoms with Crippen LogP contribution in [0.1, 0.15) is 16.5 Å². The van der Waals surface area contributed by atoms with Gasteiger partial charge in [0.2, 0.25) is 0 Å². The number of alkyl halides is 1. The van der Waals surface area contributed by atoms with Crippen molar-refractivity contribution >= 4 is 27.5 Å². The van der Waals surface area contributed by atoms with Crippen molar-refractivity contribution < 1.29 is 8.78 Å². The van der Waals surface area contributed by atoms with E-state index in [2.05, 4.69) is 15.9 Å². The number of benzene rings is 2. The molecule has 0 nitrogen and oxygen atoms in total. The van der Waals surface area contributed by atoms with Gasteiger partial charge in [-0.3, -0.25) is 0 Å². The molecule has 0 aliphatic heterocycles. The Morgan fingerprint density at radius 3 is 2.24 bits per heavy atom. The normalized spacial score (nSPS) is 12.5. The highest BCUT2D eigenvalue weighted by molar-refractivity contribution is 9.10. The first-order valence-corrected chi connectivity index (χ1v) is 6.16. The fourth-order valence-electron chi connectivity index (χ4n) is 1.55. The molecule has 0 fully saturated rings. The summed E-state index contributed by atoms with van der Waals surface area (Å²) < 4.78 is 27.1. The predicted molar refractivity (Wildman–Crippen MR) is 68.2 cm³/mol. The summed E-state index contributed by atoms with van der Waals surface area (Å²) in [5.41, 5.74) is 1.01. The molecule has 0 aliphatic rings. The molecule has 0 aromatic heterocycles. The molecule has 4 heteroatoms. The van der Waals surface area contributed by atoms with Crippen LogP contribution in [-0.2, 0) is 0 Å². The van der Waals surface area contributed by atoms with E-state index in [0.29, 0.717) is 15.6 Å². The lowest BCUT2D eigenvalue weighted by Gasteiger charge is -2.13. The number of rotatable bonds is 2. The molecule has 0 spiro atoms. The van der Waals surface area contributed by atoms with Gasteiger partial charge >= 0.3 is 0 Å². The lowest BCUT2D eigenvalue weighted by Crippen LogP contribution is -1.98. The van der Waals surface area contributed by atoms with Gasteiger partial charge in [0.05, 0.1) is 5.38 Å². The van der Waals surface area contributed by atoms with Crippen LogP contribution >= 0.6 is 27.5 Å². The van der Waals surface area contributed by atoms with Gasteiger partial charge < -0.3 is 0 Å². The zero-order valence-corrected chi connectivity index (χ0v) is 11.0. The number of hydrogen-bond donors (Lipinski definition) is 0. The summed E-state index contributed by atoms with van der Waals surface area (Å²) in [7, 11) is 0. The standard InChI is InChI=1S/C13H8BrClF2/c14-10-2-1-3-11(17)12(10)13(15)8-4-6-9(16)7-5-8/h1-7,13H. The van der Waals surface area contributed by atoms with E-state index in [0.717, 1.165) is 0 Å². The molecule has 2 aromatic rings. The zero-order chi connectivity index (χ0) is 12.4. The zero-order valence-electron chi connectivity index (χ0n) is 8.63. The Morgan fingerprint density at radius 1 is 1.00 bits per heavy atom. The van der Waals surface area contributed by atoms with Gasteiger partial charge in [0.1, 0.15) is 11.6 Å². The molecule has 0 N–H and O–H groups in total. The predicted octanol–water partition coefficient (Wildman–Crippen LogP) is 5.06. The van der Waals surface area contributed by atoms with Crippen LogP contribution < -0.4 is 0 Å². The van der Waals surface area contributed by atoms with Crippen molar-refractivity contribution in [1.82, 2.24) is 0 Å². The largest absolute Gasteiger partial charge is 0.207 e. The molecule has 0 bridgehead atoms. The second-order valence-corrected chi connectivity index (χ2v) is 4.84. The molecule has 88 valence electrons. The topological polar surface area (TPSA) is 0 Å². The molecule has 1 atom stereocenters. The Bertz CT molecular complexity index is 505. The Kier molecular flexibility index (Phi) is 3.79. The first-order chi connectivity index (χ1) is 8.09. The van der Waals surface area contributed by atoms with E-state index in [1.807, 2.05) is 0 Å². The fraction of sp³-hybridized carbons (Fsp3) is 0.0769. The smallest absolute Gasteiger partial charge is 0.129 e. The second-order valence-electron chi connectivity index (χ2n) is 3.55. The summed E-state index contributed by atoms with van der Waals surface area (Å²) in [6.45, 7) is 0. The SMILES string of the molecule is Fc1ccc(C(Cl)c2c(F)cccc2Br)cc1. The van der Waals surface area contributed by atoms with Gasteiger partial charge in [0.15, 0.2) is 0 Å². The van der Waals surface area contributed by atoms with E-state index in [4.69, 9.17) is 11.6 Å². The van der Waals surface area contributed by atoms with E-state index in [1.165, 1.54) is 18.2 Å². The van der Waals surface area contributed by atoms with Crippen LogP contribution in [0, 0.1) is 11.6 Å². The van der Waals surface area contributed by atoms with E-state index in [1.54, 1.807) is 24.3 Å². The van der Waals surface area contributed by atoms with E-state index in [9.17, 15) is 8.78 Å². The van der Waals surface area contributed by atoms with Crippen molar-refractivity contribution in [1.29, 1.82) is 0 Å². The summed E-state index contributed by atoms with van der Waals surface area (Å²) in [6.07, 6.45) is 0. The van der Waals surface area contributed by atoms with Crippen molar-refractivity contribution in [3.63, 3.8) is 0 Å². The molecular formula is C13H8BrClF2. The molecule has 0 amide bonds. The van der Waals surface area contributed by atoms with E-state index in [-0.39, 0.29) is 11.6 Å². The minimum atomic E-state index is -0.647. The summed E-state index contributed by atoms with van der Waals surface area (Å²) in [5, 5.41) is -0.647. The van der Waals surface area contributed by atoms with Gasteiger partial charge in [-0.15, -0.1) is 11.6 Å². The Balaban J connectivity index is 2.43. The Hall–Kier alpha value is -0.930. The van der Waals surface area contributed by atoms with E-state index < -0.39 is 5.38 Å². The molecule has 0 heterocycles. The van der Waals surface area contributed by atoms with Gasteiger partial charge in [0.25, 0.3) is 0 Å². The summed E-state index contributed by atoms with van der Waals surface area (Å²) in [6, 6.07) is 10.4. The van der Waals surface area contributed by atoms with Gasteiger partial charge in [0, 0.05) is 10.0 Å². The van der Waals surface area contributed by atoms with Crippen LogP contribution in [0.3, 0.4) is 0 Å². The van der Waals surface area contributed by atoms with Crippen molar-refractivity contribution in [2.45, 2.75) is 5.38 Å². The third kappa shape index (κ3) is 2.67. The average molecular weight is 318 g/mol. The number of halogens is 4. The maximum absolute atomic E-state index is 13.7. The van der Waals surface area contributed by atoms with Gasteiger partial charge in [-0.25, -0.2) is 8.78 Å². The minimum Gasteiger partial charge on any atom is -0.207 e. The second kappa shape index (κ2) is 5.15. The third-order valence-electron chi connectivity index (χ3n) is 2.42. The summed E-state index contributed by atoms with van der Waals surface area (Å²) in [4.78, 5) is 0.